The van der Waals surface area contributed by atoms with E-state index in [2.05, 4.69) is 5.32 Å². The van der Waals surface area contributed by atoms with E-state index in [9.17, 15) is 18.0 Å². The number of amides is 2. The van der Waals surface area contributed by atoms with Gasteiger partial charge in [-0.25, -0.2) is 12.7 Å². The van der Waals surface area contributed by atoms with Gasteiger partial charge in [0.1, 0.15) is 0 Å². The molecule has 0 unspecified atom stereocenters. The molecule has 10 heteroatoms. The van der Waals surface area contributed by atoms with Crippen molar-refractivity contribution in [3.05, 3.63) is 28.8 Å². The molecule has 0 spiro atoms. The lowest BCUT2D eigenvalue weighted by atomic mass is 10.2. The minimum Gasteiger partial charge on any atom is -0.355 e. The third kappa shape index (κ3) is 5.44. The van der Waals surface area contributed by atoms with Crippen LogP contribution in [0.15, 0.2) is 23.1 Å². The summed E-state index contributed by atoms with van der Waals surface area (Å²) < 4.78 is 25.8. The van der Waals surface area contributed by atoms with Crippen LogP contribution in [0.4, 0.5) is 0 Å². The van der Waals surface area contributed by atoms with Gasteiger partial charge in [-0.05, 0) is 31.5 Å². The Morgan fingerprint density at radius 3 is 2.54 bits per heavy atom. The third-order valence-electron chi connectivity index (χ3n) is 4.56. The lowest BCUT2D eigenvalue weighted by molar-refractivity contribution is -0.122. The van der Waals surface area contributed by atoms with Crippen LogP contribution in [0, 0.1) is 0 Å². The normalized spacial score (nSPS) is 16.1. The average Bonchev–Trinajstić information content (AvgIpc) is 2.87. The monoisotopic (exact) mass is 430 g/mol. The van der Waals surface area contributed by atoms with Gasteiger partial charge in [0.25, 0.3) is 5.91 Å². The first-order valence-corrected chi connectivity index (χ1v) is 11.0. The molecular weight excluding hydrogens is 404 g/mol. The van der Waals surface area contributed by atoms with E-state index in [4.69, 9.17) is 11.6 Å². The summed E-state index contributed by atoms with van der Waals surface area (Å²) in [5, 5.41) is 2.98. The summed E-state index contributed by atoms with van der Waals surface area (Å²) in [4.78, 5) is 28.5. The third-order valence-corrected chi connectivity index (χ3v) is 6.70. The maximum Gasteiger partial charge on any atom is 0.255 e. The van der Waals surface area contributed by atoms with Crippen molar-refractivity contribution >= 4 is 33.4 Å². The molecule has 1 saturated heterocycles. The Morgan fingerprint density at radius 2 is 1.89 bits per heavy atom. The lowest BCUT2D eigenvalue weighted by Gasteiger charge is -2.22. The van der Waals surface area contributed by atoms with Crippen molar-refractivity contribution in [3.63, 3.8) is 0 Å². The molecule has 1 aliphatic heterocycles. The van der Waals surface area contributed by atoms with Gasteiger partial charge < -0.3 is 10.2 Å². The second kappa shape index (κ2) is 9.69. The Kier molecular flexibility index (Phi) is 7.82. The fourth-order valence-corrected chi connectivity index (χ4v) is 4.12. The van der Waals surface area contributed by atoms with Crippen LogP contribution >= 0.6 is 11.6 Å². The molecule has 0 atom stereocenters. The minimum absolute atomic E-state index is 0.0259. The summed E-state index contributed by atoms with van der Waals surface area (Å²) in [6.07, 6.45) is 0.721. The Morgan fingerprint density at radius 1 is 1.18 bits per heavy atom. The molecule has 0 saturated carbocycles. The topological polar surface area (TPSA) is 90.0 Å². The van der Waals surface area contributed by atoms with Gasteiger partial charge in [0.15, 0.2) is 0 Å². The van der Waals surface area contributed by atoms with Crippen molar-refractivity contribution in [1.82, 2.24) is 19.4 Å². The molecule has 1 fully saturated rings. The van der Waals surface area contributed by atoms with Crippen molar-refractivity contribution in [2.75, 3.05) is 53.4 Å². The Balaban J connectivity index is 2.15. The number of nitrogens with one attached hydrogen (secondary N) is 1. The molecule has 1 heterocycles. The quantitative estimate of drug-likeness (QED) is 0.723. The molecule has 0 aromatic heterocycles. The smallest absolute Gasteiger partial charge is 0.255 e. The van der Waals surface area contributed by atoms with Crippen molar-refractivity contribution in [3.8, 4) is 0 Å². The van der Waals surface area contributed by atoms with Gasteiger partial charge in [-0.1, -0.05) is 11.6 Å². The van der Waals surface area contributed by atoms with E-state index < -0.39 is 10.0 Å². The number of benzene rings is 1. The number of halogens is 1. The molecular formula is C18H27ClN4O4S. The van der Waals surface area contributed by atoms with E-state index in [-0.39, 0.29) is 27.3 Å². The fraction of sp³-hybridized carbons (Fsp3) is 0.556. The maximum absolute atomic E-state index is 13.0. The highest BCUT2D eigenvalue weighted by Gasteiger charge is 2.25. The Labute approximate surface area is 171 Å². The predicted molar refractivity (Wildman–Crippen MR) is 108 cm³/mol. The second-order valence-corrected chi connectivity index (χ2v) is 9.36. The number of nitrogens with zero attached hydrogens (tertiary/aromatic N) is 3. The Bertz CT molecular complexity index is 829. The largest absolute Gasteiger partial charge is 0.355 e. The van der Waals surface area contributed by atoms with Gasteiger partial charge in [0.05, 0.1) is 22.0 Å². The highest BCUT2D eigenvalue weighted by molar-refractivity contribution is 7.89. The van der Waals surface area contributed by atoms with E-state index in [0.717, 1.165) is 10.7 Å². The molecule has 156 valence electrons. The van der Waals surface area contributed by atoms with E-state index in [0.29, 0.717) is 39.3 Å². The zero-order chi connectivity index (χ0) is 20.9. The lowest BCUT2D eigenvalue weighted by Crippen LogP contribution is -2.40. The molecule has 0 bridgehead atoms. The maximum atomic E-state index is 13.0. The van der Waals surface area contributed by atoms with E-state index in [1.807, 2.05) is 11.8 Å². The average molecular weight is 431 g/mol. The summed E-state index contributed by atoms with van der Waals surface area (Å²) in [6, 6.07) is 4.16. The summed E-state index contributed by atoms with van der Waals surface area (Å²) in [6.45, 7) is 5.00. The molecule has 1 N–H and O–H groups in total. The van der Waals surface area contributed by atoms with Crippen LogP contribution in [0.5, 0.6) is 0 Å². The molecule has 8 nitrogen and oxygen atoms in total. The number of carbonyl (C=O) groups is 2. The SMILES string of the molecule is CCNC(=O)CN1CCCN(C(=O)c2cc(S(=O)(=O)N(C)C)ccc2Cl)CC1. The first kappa shape index (κ1) is 22.6. The molecule has 28 heavy (non-hydrogen) atoms. The van der Waals surface area contributed by atoms with E-state index >= 15 is 0 Å². The van der Waals surface area contributed by atoms with Gasteiger partial charge in [0.2, 0.25) is 15.9 Å². The molecule has 2 rings (SSSR count). The zero-order valence-corrected chi connectivity index (χ0v) is 18.0. The summed E-state index contributed by atoms with van der Waals surface area (Å²) in [5.74, 6) is -0.340. The van der Waals surface area contributed by atoms with Gasteiger partial charge in [-0.3, -0.25) is 14.5 Å². The molecule has 1 aliphatic rings. The molecule has 0 radical (unpaired) electrons. The minimum atomic E-state index is -3.66. The highest BCUT2D eigenvalue weighted by Crippen LogP contribution is 2.24. The standard InChI is InChI=1S/C18H27ClN4O4S/c1-4-20-17(24)13-22-8-5-9-23(11-10-22)18(25)15-12-14(6-7-16(15)19)28(26,27)21(2)3/h6-7,12H,4-5,8-11,13H2,1-3H3,(H,20,24). The summed E-state index contributed by atoms with van der Waals surface area (Å²) >= 11 is 6.19. The van der Waals surface area contributed by atoms with Gasteiger partial charge in [-0.15, -0.1) is 0 Å². The number of carbonyl (C=O) groups excluding carboxylic acids is 2. The van der Waals surface area contributed by atoms with Crippen LogP contribution in [0.1, 0.15) is 23.7 Å². The van der Waals surface area contributed by atoms with Crippen molar-refractivity contribution in [2.45, 2.75) is 18.2 Å². The van der Waals surface area contributed by atoms with Crippen LogP contribution in [0.2, 0.25) is 5.02 Å². The van der Waals surface area contributed by atoms with Crippen LogP contribution in [0.3, 0.4) is 0 Å². The Hall–Kier alpha value is -1.68. The first-order valence-electron chi connectivity index (χ1n) is 9.17. The van der Waals surface area contributed by atoms with E-state index in [1.165, 1.54) is 32.3 Å². The first-order chi connectivity index (χ1) is 13.2. The number of rotatable bonds is 6. The van der Waals surface area contributed by atoms with Crippen LogP contribution in [-0.4, -0.2) is 87.7 Å². The fourth-order valence-electron chi connectivity index (χ4n) is 3.00. The van der Waals surface area contributed by atoms with Gasteiger partial charge >= 0.3 is 0 Å². The number of sulfonamides is 1. The van der Waals surface area contributed by atoms with Crippen molar-refractivity contribution in [2.24, 2.45) is 0 Å². The molecule has 2 amide bonds. The summed E-state index contributed by atoms with van der Waals surface area (Å²) in [5.41, 5.74) is 0.168. The number of likely N-dealkylation sites (N-methyl/N-ethyl adjacent to an activating group) is 1. The second-order valence-electron chi connectivity index (χ2n) is 6.80. The molecule has 0 aliphatic carbocycles. The predicted octanol–water partition coefficient (Wildman–Crippen LogP) is 0.874. The van der Waals surface area contributed by atoms with Crippen molar-refractivity contribution < 1.29 is 18.0 Å². The number of hydrogen-bond acceptors (Lipinski definition) is 5. The highest BCUT2D eigenvalue weighted by atomic mass is 35.5. The molecule has 1 aromatic carbocycles. The number of hydrogen-bond donors (Lipinski definition) is 1. The van der Waals surface area contributed by atoms with E-state index in [1.54, 1.807) is 4.90 Å². The van der Waals surface area contributed by atoms with Gasteiger partial charge in [-0.2, -0.15) is 0 Å². The van der Waals surface area contributed by atoms with Crippen LogP contribution in [-0.2, 0) is 14.8 Å². The summed E-state index contributed by atoms with van der Waals surface area (Å²) in [7, 11) is -0.796. The van der Waals surface area contributed by atoms with Gasteiger partial charge in [0, 0.05) is 46.8 Å². The molecule has 1 aromatic rings. The van der Waals surface area contributed by atoms with Crippen LogP contribution in [0.25, 0.3) is 0 Å². The van der Waals surface area contributed by atoms with Crippen molar-refractivity contribution in [1.29, 1.82) is 0 Å². The zero-order valence-electron chi connectivity index (χ0n) is 16.4. The van der Waals surface area contributed by atoms with Crippen LogP contribution < -0.4 is 5.32 Å².